The molecule has 2 unspecified atom stereocenters. The standard InChI is InChI=1S/C17H23FN4O2/c1-11(16(23)19-13-6-7-13)22-9-8-15(10-22)21-17(24)20-14-4-2-12(18)3-5-14/h2-5,11,13,15H,6-10H2,1H3,(H,19,23)(H2,20,21,24). The van der Waals surface area contributed by atoms with Gasteiger partial charge in [-0.25, -0.2) is 9.18 Å². The number of anilines is 1. The third kappa shape index (κ3) is 4.44. The van der Waals surface area contributed by atoms with Gasteiger partial charge in [0.1, 0.15) is 5.82 Å². The number of benzene rings is 1. The monoisotopic (exact) mass is 334 g/mol. The van der Waals surface area contributed by atoms with Crippen LogP contribution in [0.2, 0.25) is 0 Å². The summed E-state index contributed by atoms with van der Waals surface area (Å²) in [6.07, 6.45) is 2.95. The predicted molar refractivity (Wildman–Crippen MR) is 89.2 cm³/mol. The smallest absolute Gasteiger partial charge is 0.319 e. The van der Waals surface area contributed by atoms with E-state index >= 15 is 0 Å². The van der Waals surface area contributed by atoms with Crippen molar-refractivity contribution in [1.29, 1.82) is 0 Å². The number of rotatable bonds is 5. The first kappa shape index (κ1) is 16.7. The van der Waals surface area contributed by atoms with Crippen LogP contribution in [-0.4, -0.2) is 48.1 Å². The van der Waals surface area contributed by atoms with Gasteiger partial charge >= 0.3 is 6.03 Å². The molecule has 7 heteroatoms. The summed E-state index contributed by atoms with van der Waals surface area (Å²) in [4.78, 5) is 26.2. The van der Waals surface area contributed by atoms with Crippen molar-refractivity contribution in [3.63, 3.8) is 0 Å². The van der Waals surface area contributed by atoms with E-state index in [1.165, 1.54) is 24.3 Å². The second-order valence-electron chi connectivity index (χ2n) is 6.54. The molecule has 0 radical (unpaired) electrons. The summed E-state index contributed by atoms with van der Waals surface area (Å²) in [6, 6.07) is 5.49. The Balaban J connectivity index is 1.44. The first-order valence-corrected chi connectivity index (χ1v) is 8.39. The Labute approximate surface area is 140 Å². The zero-order valence-electron chi connectivity index (χ0n) is 13.7. The number of likely N-dealkylation sites (tertiary alicyclic amines) is 1. The lowest BCUT2D eigenvalue weighted by atomic mass is 10.2. The minimum absolute atomic E-state index is 0.00150. The molecule has 3 rings (SSSR count). The maximum absolute atomic E-state index is 12.9. The number of nitrogens with zero attached hydrogens (tertiary/aromatic N) is 1. The Morgan fingerprint density at radius 1 is 1.12 bits per heavy atom. The van der Waals surface area contributed by atoms with Crippen LogP contribution in [0.25, 0.3) is 0 Å². The summed E-state index contributed by atoms with van der Waals surface area (Å²) in [5.74, 6) is -0.278. The van der Waals surface area contributed by atoms with Crippen LogP contribution < -0.4 is 16.0 Å². The van der Waals surface area contributed by atoms with Crippen LogP contribution in [0.1, 0.15) is 26.2 Å². The summed E-state index contributed by atoms with van der Waals surface area (Å²) >= 11 is 0. The lowest BCUT2D eigenvalue weighted by molar-refractivity contribution is -0.125. The van der Waals surface area contributed by atoms with Gasteiger partial charge in [-0.05, 0) is 50.5 Å². The van der Waals surface area contributed by atoms with Crippen LogP contribution in [0.4, 0.5) is 14.9 Å². The van der Waals surface area contributed by atoms with E-state index in [0.29, 0.717) is 18.3 Å². The predicted octanol–water partition coefficient (Wildman–Crippen LogP) is 1.69. The number of carbonyl (C=O) groups excluding carboxylic acids is 2. The number of urea groups is 1. The molecule has 0 spiro atoms. The molecule has 130 valence electrons. The van der Waals surface area contributed by atoms with E-state index < -0.39 is 0 Å². The van der Waals surface area contributed by atoms with Gasteiger partial charge in [-0.1, -0.05) is 0 Å². The Morgan fingerprint density at radius 3 is 2.50 bits per heavy atom. The highest BCUT2D eigenvalue weighted by molar-refractivity contribution is 5.89. The average Bonchev–Trinajstić information content (AvgIpc) is 3.25. The van der Waals surface area contributed by atoms with Crippen molar-refractivity contribution in [2.24, 2.45) is 0 Å². The molecule has 24 heavy (non-hydrogen) atoms. The Bertz CT molecular complexity index is 603. The van der Waals surface area contributed by atoms with Crippen LogP contribution in [0, 0.1) is 5.82 Å². The van der Waals surface area contributed by atoms with Gasteiger partial charge in [-0.2, -0.15) is 0 Å². The largest absolute Gasteiger partial charge is 0.352 e. The molecule has 1 heterocycles. The van der Waals surface area contributed by atoms with E-state index in [1.54, 1.807) is 0 Å². The second-order valence-corrected chi connectivity index (χ2v) is 6.54. The summed E-state index contributed by atoms with van der Waals surface area (Å²) in [6.45, 7) is 3.33. The van der Waals surface area contributed by atoms with Gasteiger partial charge in [0.25, 0.3) is 0 Å². The van der Waals surface area contributed by atoms with Crippen molar-refractivity contribution in [1.82, 2.24) is 15.5 Å². The lowest BCUT2D eigenvalue weighted by Gasteiger charge is -2.23. The fourth-order valence-corrected chi connectivity index (χ4v) is 2.86. The van der Waals surface area contributed by atoms with Gasteiger partial charge in [-0.3, -0.25) is 9.69 Å². The number of halogens is 1. The molecule has 3 amide bonds. The summed E-state index contributed by atoms with van der Waals surface area (Å²) in [7, 11) is 0. The highest BCUT2D eigenvalue weighted by Crippen LogP contribution is 2.20. The topological polar surface area (TPSA) is 73.5 Å². The van der Waals surface area contributed by atoms with Crippen molar-refractivity contribution < 1.29 is 14.0 Å². The molecule has 1 aromatic carbocycles. The van der Waals surface area contributed by atoms with Crippen LogP contribution in [-0.2, 0) is 4.79 Å². The maximum atomic E-state index is 12.9. The molecule has 0 bridgehead atoms. The molecular weight excluding hydrogens is 311 g/mol. The zero-order valence-corrected chi connectivity index (χ0v) is 13.7. The normalized spacial score (nSPS) is 22.0. The SMILES string of the molecule is CC(C(=O)NC1CC1)N1CCC(NC(=O)Nc2ccc(F)cc2)C1. The number of nitrogens with one attached hydrogen (secondary N) is 3. The van der Waals surface area contributed by atoms with Gasteiger partial charge < -0.3 is 16.0 Å². The summed E-state index contributed by atoms with van der Waals surface area (Å²) in [5.41, 5.74) is 0.543. The number of amides is 3. The number of hydrogen-bond acceptors (Lipinski definition) is 3. The maximum Gasteiger partial charge on any atom is 0.319 e. The van der Waals surface area contributed by atoms with Crippen LogP contribution in [0.5, 0.6) is 0 Å². The third-order valence-electron chi connectivity index (χ3n) is 4.51. The average molecular weight is 334 g/mol. The molecule has 0 aromatic heterocycles. The summed E-state index contributed by atoms with van der Waals surface area (Å²) in [5, 5.41) is 8.60. The fraction of sp³-hybridized carbons (Fsp3) is 0.529. The molecule has 1 aliphatic heterocycles. The summed E-state index contributed by atoms with van der Waals surface area (Å²) < 4.78 is 12.9. The third-order valence-corrected chi connectivity index (χ3v) is 4.51. The molecule has 6 nitrogen and oxygen atoms in total. The van der Waals surface area contributed by atoms with E-state index in [4.69, 9.17) is 0 Å². The van der Waals surface area contributed by atoms with E-state index in [9.17, 15) is 14.0 Å². The molecule has 1 saturated carbocycles. The molecule has 1 saturated heterocycles. The van der Waals surface area contributed by atoms with E-state index in [1.807, 2.05) is 6.92 Å². The Kier molecular flexibility index (Phi) is 4.99. The van der Waals surface area contributed by atoms with E-state index in [2.05, 4.69) is 20.9 Å². The number of hydrogen-bond donors (Lipinski definition) is 3. The molecule has 2 fully saturated rings. The first-order valence-electron chi connectivity index (χ1n) is 8.39. The van der Waals surface area contributed by atoms with Gasteiger partial charge in [0.05, 0.1) is 6.04 Å². The molecule has 2 atom stereocenters. The van der Waals surface area contributed by atoms with Crippen molar-refractivity contribution in [2.75, 3.05) is 18.4 Å². The highest BCUT2D eigenvalue weighted by Gasteiger charge is 2.32. The van der Waals surface area contributed by atoms with Crippen molar-refractivity contribution >= 4 is 17.6 Å². The molecular formula is C17H23FN4O2. The van der Waals surface area contributed by atoms with Gasteiger partial charge in [0.2, 0.25) is 5.91 Å². The van der Waals surface area contributed by atoms with Gasteiger partial charge in [0.15, 0.2) is 0 Å². The van der Waals surface area contributed by atoms with Crippen LogP contribution >= 0.6 is 0 Å². The number of carbonyl (C=O) groups is 2. The molecule has 2 aliphatic rings. The quantitative estimate of drug-likeness (QED) is 0.767. The molecule has 3 N–H and O–H groups in total. The van der Waals surface area contributed by atoms with Gasteiger partial charge in [-0.15, -0.1) is 0 Å². The van der Waals surface area contributed by atoms with E-state index in [0.717, 1.165) is 25.8 Å². The van der Waals surface area contributed by atoms with Crippen molar-refractivity contribution in [2.45, 2.75) is 44.3 Å². The van der Waals surface area contributed by atoms with Crippen LogP contribution in [0.3, 0.4) is 0 Å². The van der Waals surface area contributed by atoms with Gasteiger partial charge in [0, 0.05) is 30.9 Å². The molecule has 1 aromatic rings. The highest BCUT2D eigenvalue weighted by atomic mass is 19.1. The lowest BCUT2D eigenvalue weighted by Crippen LogP contribution is -2.46. The van der Waals surface area contributed by atoms with Crippen molar-refractivity contribution in [3.8, 4) is 0 Å². The fourth-order valence-electron chi connectivity index (χ4n) is 2.86. The Morgan fingerprint density at radius 2 is 1.83 bits per heavy atom. The Hall–Kier alpha value is -2.15. The minimum atomic E-state index is -0.342. The van der Waals surface area contributed by atoms with E-state index in [-0.39, 0.29) is 29.8 Å². The van der Waals surface area contributed by atoms with Crippen molar-refractivity contribution in [3.05, 3.63) is 30.1 Å². The zero-order chi connectivity index (χ0) is 17.1. The van der Waals surface area contributed by atoms with Crippen LogP contribution in [0.15, 0.2) is 24.3 Å². The molecule has 1 aliphatic carbocycles. The minimum Gasteiger partial charge on any atom is -0.352 e. The first-order chi connectivity index (χ1) is 11.5. The second kappa shape index (κ2) is 7.17.